The highest BCUT2D eigenvalue weighted by molar-refractivity contribution is 5.87. The lowest BCUT2D eigenvalue weighted by molar-refractivity contribution is -0.120. The van der Waals surface area contributed by atoms with E-state index in [1.165, 1.54) is 12.0 Å². The molecule has 4 rings (SSSR count). The van der Waals surface area contributed by atoms with Gasteiger partial charge in [0, 0.05) is 23.9 Å². The van der Waals surface area contributed by atoms with Gasteiger partial charge in [-0.05, 0) is 42.4 Å². The zero-order valence-corrected chi connectivity index (χ0v) is 10.4. The molecule has 0 heterocycles. The van der Waals surface area contributed by atoms with E-state index in [1.807, 2.05) is 12.1 Å². The summed E-state index contributed by atoms with van der Waals surface area (Å²) in [4.78, 5) is 12.1. The Labute approximate surface area is 107 Å². The molecule has 0 radical (unpaired) electrons. The van der Waals surface area contributed by atoms with Crippen LogP contribution in [0.1, 0.15) is 36.8 Å². The molecule has 92 valence electrons. The summed E-state index contributed by atoms with van der Waals surface area (Å²) in [6.45, 7) is 0. The number of hydrogen-bond donors (Lipinski definition) is 1. The van der Waals surface area contributed by atoms with Crippen LogP contribution in [-0.2, 0) is 16.6 Å². The molecule has 1 aromatic carbocycles. The molecule has 1 saturated carbocycles. The highest BCUT2D eigenvalue weighted by Gasteiger charge is 2.52. The summed E-state index contributed by atoms with van der Waals surface area (Å²) in [5, 5.41) is 0. The van der Waals surface area contributed by atoms with E-state index < -0.39 is 0 Å². The molecule has 2 bridgehead atoms. The van der Waals surface area contributed by atoms with E-state index in [9.17, 15) is 4.79 Å². The van der Waals surface area contributed by atoms with Crippen molar-refractivity contribution < 1.29 is 4.79 Å². The largest absolute Gasteiger partial charge is 0.398 e. The monoisotopic (exact) mass is 239 g/mol. The van der Waals surface area contributed by atoms with Gasteiger partial charge in [-0.25, -0.2) is 0 Å². The first-order valence-corrected chi connectivity index (χ1v) is 6.76. The molecule has 0 aliphatic heterocycles. The van der Waals surface area contributed by atoms with Gasteiger partial charge in [-0.15, -0.1) is 0 Å². The van der Waals surface area contributed by atoms with Crippen molar-refractivity contribution in [2.45, 2.75) is 37.5 Å². The lowest BCUT2D eigenvalue weighted by atomic mass is 9.62. The van der Waals surface area contributed by atoms with Crippen molar-refractivity contribution in [3.63, 3.8) is 0 Å². The number of nitrogens with two attached hydrogens (primary N) is 1. The van der Waals surface area contributed by atoms with Crippen LogP contribution in [0.25, 0.3) is 0 Å². The average Bonchev–Trinajstić information content (AvgIpc) is 2.91. The number of anilines is 1. The quantitative estimate of drug-likeness (QED) is 0.559. The summed E-state index contributed by atoms with van der Waals surface area (Å²) < 4.78 is 0. The zero-order valence-electron chi connectivity index (χ0n) is 10.4. The Morgan fingerprint density at radius 2 is 2.17 bits per heavy atom. The molecule has 0 aromatic heterocycles. The fourth-order valence-corrected chi connectivity index (χ4v) is 4.40. The maximum atomic E-state index is 12.1. The van der Waals surface area contributed by atoms with E-state index in [-0.39, 0.29) is 5.41 Å². The Morgan fingerprint density at radius 3 is 2.89 bits per heavy atom. The van der Waals surface area contributed by atoms with E-state index in [1.54, 1.807) is 5.57 Å². The molecule has 18 heavy (non-hydrogen) atoms. The first-order valence-electron chi connectivity index (χ1n) is 6.76. The van der Waals surface area contributed by atoms with Gasteiger partial charge in [0.15, 0.2) is 0 Å². The van der Waals surface area contributed by atoms with Crippen molar-refractivity contribution in [2.24, 2.45) is 5.92 Å². The molecule has 3 aliphatic rings. The maximum Gasteiger partial charge on any atom is 0.138 e. The number of carbonyl (C=O) groups is 1. The molecular formula is C16H17NO. The second kappa shape index (κ2) is 3.25. The van der Waals surface area contributed by atoms with E-state index in [4.69, 9.17) is 5.73 Å². The molecule has 2 heteroatoms. The lowest BCUT2D eigenvalue weighted by Crippen LogP contribution is -2.39. The van der Waals surface area contributed by atoms with Crippen molar-refractivity contribution in [3.8, 4) is 0 Å². The first kappa shape index (κ1) is 10.4. The van der Waals surface area contributed by atoms with E-state index in [0.29, 0.717) is 18.1 Å². The molecule has 3 aliphatic carbocycles. The Hall–Kier alpha value is -1.57. The minimum Gasteiger partial charge on any atom is -0.398 e. The van der Waals surface area contributed by atoms with Gasteiger partial charge in [0.25, 0.3) is 0 Å². The van der Waals surface area contributed by atoms with Crippen LogP contribution >= 0.6 is 0 Å². The second-order valence-corrected chi connectivity index (χ2v) is 6.10. The topological polar surface area (TPSA) is 43.1 Å². The van der Waals surface area contributed by atoms with E-state index in [0.717, 1.165) is 30.5 Å². The van der Waals surface area contributed by atoms with Gasteiger partial charge in [-0.1, -0.05) is 23.8 Å². The Kier molecular flexibility index (Phi) is 1.87. The van der Waals surface area contributed by atoms with Crippen molar-refractivity contribution in [1.82, 2.24) is 0 Å². The summed E-state index contributed by atoms with van der Waals surface area (Å²) >= 11 is 0. The molecule has 2 N–H and O–H groups in total. The van der Waals surface area contributed by atoms with E-state index in [2.05, 4.69) is 12.1 Å². The molecule has 0 amide bonds. The highest BCUT2D eigenvalue weighted by Crippen LogP contribution is 2.58. The average molecular weight is 239 g/mol. The fraction of sp³-hybridized carbons (Fsp3) is 0.438. The van der Waals surface area contributed by atoms with Crippen LogP contribution in [-0.4, -0.2) is 5.78 Å². The van der Waals surface area contributed by atoms with Crippen molar-refractivity contribution in [3.05, 3.63) is 41.0 Å². The van der Waals surface area contributed by atoms with Gasteiger partial charge in [0.1, 0.15) is 5.78 Å². The number of carbonyl (C=O) groups excluding carboxylic acids is 1. The SMILES string of the molecule is Nc1cccc2c1CC(=O)CC21CC2=CCC1C2. The Balaban J connectivity index is 1.95. The van der Waals surface area contributed by atoms with Gasteiger partial charge >= 0.3 is 0 Å². The third-order valence-corrected chi connectivity index (χ3v) is 5.16. The second-order valence-electron chi connectivity index (χ2n) is 6.10. The molecule has 1 aromatic rings. The molecule has 2 atom stereocenters. The number of allylic oxidation sites excluding steroid dienone is 2. The Morgan fingerprint density at radius 1 is 1.28 bits per heavy atom. The molecule has 2 unspecified atom stereocenters. The number of benzene rings is 1. The molecule has 0 saturated heterocycles. The summed E-state index contributed by atoms with van der Waals surface area (Å²) in [7, 11) is 0. The molecule has 2 nitrogen and oxygen atoms in total. The zero-order chi connectivity index (χ0) is 12.3. The van der Waals surface area contributed by atoms with Crippen LogP contribution in [0.2, 0.25) is 0 Å². The van der Waals surface area contributed by atoms with Crippen molar-refractivity contribution in [1.29, 1.82) is 0 Å². The van der Waals surface area contributed by atoms with Crippen LogP contribution in [0.3, 0.4) is 0 Å². The first-order chi connectivity index (χ1) is 8.69. The standard InChI is InChI=1S/C16H17NO/c17-15-3-1-2-14-13(15)7-12(18)9-16(14)8-10-4-5-11(16)6-10/h1-4,11H,5-9,17H2. The normalized spacial score (nSPS) is 32.8. The van der Waals surface area contributed by atoms with Gasteiger partial charge < -0.3 is 5.73 Å². The minimum absolute atomic E-state index is 0.0874. The number of Topliss-reactive ketones (excluding diaryl/α,β-unsaturated/α-hetero) is 1. The summed E-state index contributed by atoms with van der Waals surface area (Å²) in [5.41, 5.74) is 11.0. The molecular weight excluding hydrogens is 222 g/mol. The number of hydrogen-bond acceptors (Lipinski definition) is 2. The molecule has 1 fully saturated rings. The summed E-state index contributed by atoms with van der Waals surface area (Å²) in [5.74, 6) is 1.01. The highest BCUT2D eigenvalue weighted by atomic mass is 16.1. The van der Waals surface area contributed by atoms with Crippen LogP contribution < -0.4 is 5.73 Å². The van der Waals surface area contributed by atoms with Gasteiger partial charge in [0.2, 0.25) is 0 Å². The minimum atomic E-state index is 0.0874. The van der Waals surface area contributed by atoms with E-state index >= 15 is 0 Å². The van der Waals surface area contributed by atoms with Crippen molar-refractivity contribution in [2.75, 3.05) is 5.73 Å². The molecule has 1 spiro atoms. The third-order valence-electron chi connectivity index (χ3n) is 5.16. The number of rotatable bonds is 0. The van der Waals surface area contributed by atoms with Crippen LogP contribution in [0.4, 0.5) is 5.69 Å². The van der Waals surface area contributed by atoms with Crippen LogP contribution in [0.5, 0.6) is 0 Å². The smallest absolute Gasteiger partial charge is 0.138 e. The number of ketones is 1. The Bertz CT molecular complexity index is 587. The number of nitrogen functional groups attached to an aromatic ring is 1. The third kappa shape index (κ3) is 1.16. The van der Waals surface area contributed by atoms with Crippen molar-refractivity contribution >= 4 is 11.5 Å². The predicted octanol–water partition coefficient (Wildman–Crippen LogP) is 2.76. The maximum absolute atomic E-state index is 12.1. The van der Waals surface area contributed by atoms with Gasteiger partial charge in [-0.2, -0.15) is 0 Å². The van der Waals surface area contributed by atoms with Crippen LogP contribution in [0, 0.1) is 5.92 Å². The number of fused-ring (bicyclic) bond motifs is 5. The predicted molar refractivity (Wildman–Crippen MR) is 71.3 cm³/mol. The van der Waals surface area contributed by atoms with Gasteiger partial charge in [0.05, 0.1) is 0 Å². The summed E-state index contributed by atoms with van der Waals surface area (Å²) in [6, 6.07) is 6.18. The summed E-state index contributed by atoms with van der Waals surface area (Å²) in [6.07, 6.45) is 7.07. The van der Waals surface area contributed by atoms with Crippen LogP contribution in [0.15, 0.2) is 29.8 Å². The van der Waals surface area contributed by atoms with Gasteiger partial charge in [-0.3, -0.25) is 4.79 Å². The fourth-order valence-electron chi connectivity index (χ4n) is 4.40. The lowest BCUT2D eigenvalue weighted by Gasteiger charge is -2.41.